The van der Waals surface area contributed by atoms with Gasteiger partial charge in [0, 0.05) is 0 Å². The SMILES string of the molecule is Cc1cccc(C)c1OCCOC(F)(F)C(C)(C)C. The summed E-state index contributed by atoms with van der Waals surface area (Å²) >= 11 is 0. The van der Waals surface area contributed by atoms with Crippen LogP contribution in [0.5, 0.6) is 5.75 Å². The molecule has 0 atom stereocenters. The molecule has 1 aromatic carbocycles. The van der Waals surface area contributed by atoms with E-state index in [9.17, 15) is 8.78 Å². The van der Waals surface area contributed by atoms with Crippen LogP contribution in [0.4, 0.5) is 8.78 Å². The Hall–Kier alpha value is -1.16. The van der Waals surface area contributed by atoms with Crippen LogP contribution < -0.4 is 4.74 Å². The number of hydrogen-bond acceptors (Lipinski definition) is 2. The van der Waals surface area contributed by atoms with E-state index in [1.807, 2.05) is 32.0 Å². The Kier molecular flexibility index (Phi) is 4.91. The van der Waals surface area contributed by atoms with Crippen molar-refractivity contribution in [2.45, 2.75) is 40.7 Å². The van der Waals surface area contributed by atoms with E-state index in [0.717, 1.165) is 16.9 Å². The number of aryl methyl sites for hydroxylation is 2. The summed E-state index contributed by atoms with van der Waals surface area (Å²) in [4.78, 5) is 0. The maximum atomic E-state index is 13.5. The molecule has 0 spiro atoms. The van der Waals surface area contributed by atoms with Crippen LogP contribution in [0.1, 0.15) is 31.9 Å². The molecule has 19 heavy (non-hydrogen) atoms. The van der Waals surface area contributed by atoms with Gasteiger partial charge in [0.1, 0.15) is 12.4 Å². The van der Waals surface area contributed by atoms with Gasteiger partial charge in [0.05, 0.1) is 12.0 Å². The van der Waals surface area contributed by atoms with Crippen molar-refractivity contribution in [3.63, 3.8) is 0 Å². The molecule has 1 aromatic rings. The van der Waals surface area contributed by atoms with Gasteiger partial charge in [-0.3, -0.25) is 0 Å². The van der Waals surface area contributed by atoms with Crippen molar-refractivity contribution >= 4 is 0 Å². The fourth-order valence-corrected chi connectivity index (χ4v) is 1.56. The molecule has 0 amide bonds. The highest BCUT2D eigenvalue weighted by molar-refractivity contribution is 5.39. The summed E-state index contributed by atoms with van der Waals surface area (Å²) in [5.41, 5.74) is 0.760. The number of rotatable bonds is 5. The first-order valence-electron chi connectivity index (χ1n) is 6.36. The van der Waals surface area contributed by atoms with Gasteiger partial charge >= 0.3 is 6.11 Å². The van der Waals surface area contributed by atoms with E-state index in [0.29, 0.717) is 0 Å². The van der Waals surface area contributed by atoms with Crippen LogP contribution >= 0.6 is 0 Å². The number of halogens is 2. The Morgan fingerprint density at radius 1 is 1.00 bits per heavy atom. The topological polar surface area (TPSA) is 18.5 Å². The average molecular weight is 272 g/mol. The van der Waals surface area contributed by atoms with Crippen molar-refractivity contribution in [3.8, 4) is 5.75 Å². The number of para-hydroxylation sites is 1. The van der Waals surface area contributed by atoms with Gasteiger partial charge in [-0.1, -0.05) is 39.0 Å². The fraction of sp³-hybridized carbons (Fsp3) is 0.600. The second-order valence-corrected chi connectivity index (χ2v) is 5.68. The summed E-state index contributed by atoms with van der Waals surface area (Å²) in [5, 5.41) is 0. The van der Waals surface area contributed by atoms with Crippen molar-refractivity contribution in [3.05, 3.63) is 29.3 Å². The van der Waals surface area contributed by atoms with E-state index in [-0.39, 0.29) is 13.2 Å². The zero-order valence-electron chi connectivity index (χ0n) is 12.2. The van der Waals surface area contributed by atoms with Crippen LogP contribution in [0.2, 0.25) is 0 Å². The summed E-state index contributed by atoms with van der Waals surface area (Å²) in [5.74, 6) is 0.741. The Morgan fingerprint density at radius 3 is 2.00 bits per heavy atom. The van der Waals surface area contributed by atoms with Crippen molar-refractivity contribution in [2.75, 3.05) is 13.2 Å². The molecule has 0 saturated heterocycles. The molecule has 0 saturated carbocycles. The van der Waals surface area contributed by atoms with Crippen LogP contribution in [-0.4, -0.2) is 19.3 Å². The van der Waals surface area contributed by atoms with Crippen molar-refractivity contribution in [1.82, 2.24) is 0 Å². The first kappa shape index (κ1) is 15.9. The number of hydrogen-bond donors (Lipinski definition) is 0. The number of ether oxygens (including phenoxy) is 2. The van der Waals surface area contributed by atoms with Gasteiger partial charge in [0.15, 0.2) is 0 Å². The quantitative estimate of drug-likeness (QED) is 0.742. The number of benzene rings is 1. The van der Waals surface area contributed by atoms with Gasteiger partial charge in [-0.05, 0) is 25.0 Å². The smallest absolute Gasteiger partial charge is 0.360 e. The highest BCUT2D eigenvalue weighted by atomic mass is 19.3. The first-order chi connectivity index (χ1) is 8.65. The summed E-state index contributed by atoms with van der Waals surface area (Å²) in [6, 6.07) is 5.78. The zero-order chi connectivity index (χ0) is 14.7. The Bertz CT molecular complexity index is 402. The van der Waals surface area contributed by atoms with Crippen molar-refractivity contribution in [1.29, 1.82) is 0 Å². The predicted octanol–water partition coefficient (Wildman–Crippen LogP) is 4.34. The molecular weight excluding hydrogens is 250 g/mol. The summed E-state index contributed by atoms with van der Waals surface area (Å²) in [6.45, 7) is 8.15. The molecule has 0 N–H and O–H groups in total. The van der Waals surface area contributed by atoms with Crippen molar-refractivity contribution in [2.24, 2.45) is 5.41 Å². The van der Waals surface area contributed by atoms with E-state index in [4.69, 9.17) is 4.74 Å². The standard InChI is InChI=1S/C15H22F2O2/c1-11-7-6-8-12(2)13(11)18-9-10-19-15(16,17)14(3,4)5/h6-8H,9-10H2,1-5H3. The Balaban J connectivity index is 2.48. The van der Waals surface area contributed by atoms with Gasteiger partial charge in [0.2, 0.25) is 0 Å². The average Bonchev–Trinajstić information content (AvgIpc) is 2.25. The second-order valence-electron chi connectivity index (χ2n) is 5.68. The molecule has 2 nitrogen and oxygen atoms in total. The fourth-order valence-electron chi connectivity index (χ4n) is 1.56. The molecule has 0 unspecified atom stereocenters. The van der Waals surface area contributed by atoms with Crippen LogP contribution in [0.25, 0.3) is 0 Å². The molecule has 0 bridgehead atoms. The van der Waals surface area contributed by atoms with E-state index in [1.165, 1.54) is 20.8 Å². The molecule has 1 rings (SSSR count). The maximum Gasteiger partial charge on any atom is 0.360 e. The lowest BCUT2D eigenvalue weighted by atomic mass is 9.95. The molecule has 108 valence electrons. The van der Waals surface area contributed by atoms with E-state index < -0.39 is 11.5 Å². The third-order valence-corrected chi connectivity index (χ3v) is 2.89. The summed E-state index contributed by atoms with van der Waals surface area (Å²) in [7, 11) is 0. The predicted molar refractivity (Wildman–Crippen MR) is 71.8 cm³/mol. The molecule has 0 aromatic heterocycles. The zero-order valence-corrected chi connectivity index (χ0v) is 12.2. The monoisotopic (exact) mass is 272 g/mol. The molecule has 0 aliphatic carbocycles. The van der Waals surface area contributed by atoms with E-state index >= 15 is 0 Å². The highest BCUT2D eigenvalue weighted by Gasteiger charge is 2.44. The van der Waals surface area contributed by atoms with Gasteiger partial charge in [-0.2, -0.15) is 8.78 Å². The van der Waals surface area contributed by atoms with E-state index in [2.05, 4.69) is 4.74 Å². The minimum absolute atomic E-state index is 0.108. The number of alkyl halides is 2. The van der Waals surface area contributed by atoms with Crippen molar-refractivity contribution < 1.29 is 18.3 Å². The third-order valence-electron chi connectivity index (χ3n) is 2.89. The summed E-state index contributed by atoms with van der Waals surface area (Å²) < 4.78 is 37.2. The van der Waals surface area contributed by atoms with Crippen LogP contribution in [0.15, 0.2) is 18.2 Å². The lowest BCUT2D eigenvalue weighted by molar-refractivity contribution is -0.296. The largest absolute Gasteiger partial charge is 0.491 e. The molecule has 0 radical (unpaired) electrons. The van der Waals surface area contributed by atoms with Gasteiger partial charge in [-0.15, -0.1) is 0 Å². The molecule has 0 aliphatic heterocycles. The van der Waals surface area contributed by atoms with Crippen LogP contribution in [0.3, 0.4) is 0 Å². The molecule has 0 heterocycles. The van der Waals surface area contributed by atoms with Gasteiger partial charge in [-0.25, -0.2) is 0 Å². The minimum atomic E-state index is -3.16. The Morgan fingerprint density at radius 2 is 1.53 bits per heavy atom. The first-order valence-corrected chi connectivity index (χ1v) is 6.36. The molecular formula is C15H22F2O2. The van der Waals surface area contributed by atoms with Crippen LogP contribution in [-0.2, 0) is 4.74 Å². The molecule has 0 aliphatic rings. The lowest BCUT2D eigenvalue weighted by Crippen LogP contribution is -2.37. The minimum Gasteiger partial charge on any atom is -0.491 e. The second kappa shape index (κ2) is 5.87. The summed E-state index contributed by atoms with van der Waals surface area (Å²) in [6.07, 6.45) is -3.16. The van der Waals surface area contributed by atoms with E-state index in [1.54, 1.807) is 0 Å². The molecule has 4 heteroatoms. The third kappa shape index (κ3) is 4.16. The van der Waals surface area contributed by atoms with Gasteiger partial charge < -0.3 is 9.47 Å². The highest BCUT2D eigenvalue weighted by Crippen LogP contribution is 2.36. The lowest BCUT2D eigenvalue weighted by Gasteiger charge is -2.29. The van der Waals surface area contributed by atoms with Gasteiger partial charge in [0.25, 0.3) is 0 Å². The normalized spacial score (nSPS) is 12.6. The Labute approximate surface area is 113 Å². The van der Waals surface area contributed by atoms with Crippen LogP contribution in [0, 0.1) is 19.3 Å². The maximum absolute atomic E-state index is 13.5. The molecule has 0 fully saturated rings.